The lowest BCUT2D eigenvalue weighted by Crippen LogP contribution is -2.41. The van der Waals surface area contributed by atoms with Crippen LogP contribution in [0.1, 0.15) is 22.8 Å². The third-order valence-electron chi connectivity index (χ3n) is 5.73. The summed E-state index contributed by atoms with van der Waals surface area (Å²) in [6.07, 6.45) is 0.892. The number of carbonyl (C=O) groups is 2. The smallest absolute Gasteiger partial charge is 0.326 e. The molecule has 0 saturated heterocycles. The minimum atomic E-state index is -0.536. The van der Waals surface area contributed by atoms with E-state index in [1.807, 2.05) is 42.5 Å². The molecule has 37 heavy (non-hydrogen) atoms. The predicted molar refractivity (Wildman–Crippen MR) is 144 cm³/mol. The van der Waals surface area contributed by atoms with Crippen molar-refractivity contribution in [2.24, 2.45) is 0 Å². The molecule has 2 N–H and O–H groups in total. The summed E-state index contributed by atoms with van der Waals surface area (Å²) < 4.78 is 20.0. The standard InChI is InChI=1S/C30H28FN3O3/c1-2-22-12-14-23(15-13-22)29(35)32-20-21-34(30(36)33-28-11-7-6-10-27(28)31)24-16-18-26(19-17-24)37-25-8-4-3-5-9-25/h3-19H,2,20-21H2,1H3,(H,32,35)(H,33,36). The Morgan fingerprint density at radius 1 is 0.811 bits per heavy atom. The molecule has 0 saturated carbocycles. The molecule has 0 aromatic heterocycles. The second-order valence-electron chi connectivity index (χ2n) is 8.28. The topological polar surface area (TPSA) is 70.7 Å². The SMILES string of the molecule is CCc1ccc(C(=O)NCCN(C(=O)Nc2ccccc2F)c2ccc(Oc3ccccc3)cc2)cc1. The van der Waals surface area contributed by atoms with Crippen LogP contribution in [0.5, 0.6) is 11.5 Å². The van der Waals surface area contributed by atoms with Crippen LogP contribution in [-0.4, -0.2) is 25.0 Å². The summed E-state index contributed by atoms with van der Waals surface area (Å²) in [6, 6.07) is 29.2. The van der Waals surface area contributed by atoms with Crippen molar-refractivity contribution in [2.75, 3.05) is 23.3 Å². The third kappa shape index (κ3) is 6.95. The van der Waals surface area contributed by atoms with Crippen molar-refractivity contribution in [1.82, 2.24) is 5.32 Å². The van der Waals surface area contributed by atoms with Crippen molar-refractivity contribution >= 4 is 23.3 Å². The molecule has 188 valence electrons. The summed E-state index contributed by atoms with van der Waals surface area (Å²) in [6.45, 7) is 2.41. The van der Waals surface area contributed by atoms with Crippen molar-refractivity contribution in [2.45, 2.75) is 13.3 Å². The van der Waals surface area contributed by atoms with E-state index < -0.39 is 11.8 Å². The monoisotopic (exact) mass is 497 g/mol. The first kappa shape index (κ1) is 25.4. The van der Waals surface area contributed by atoms with E-state index in [9.17, 15) is 14.0 Å². The minimum Gasteiger partial charge on any atom is -0.457 e. The molecule has 0 unspecified atom stereocenters. The van der Waals surface area contributed by atoms with Crippen molar-refractivity contribution in [3.63, 3.8) is 0 Å². The van der Waals surface area contributed by atoms with Gasteiger partial charge in [-0.1, -0.05) is 49.4 Å². The third-order valence-corrected chi connectivity index (χ3v) is 5.73. The van der Waals surface area contributed by atoms with Gasteiger partial charge in [0.1, 0.15) is 17.3 Å². The summed E-state index contributed by atoms with van der Waals surface area (Å²) in [5.74, 6) is 0.530. The van der Waals surface area contributed by atoms with E-state index in [1.165, 1.54) is 17.0 Å². The Kier molecular flexibility index (Phi) is 8.49. The van der Waals surface area contributed by atoms with Gasteiger partial charge in [-0.25, -0.2) is 9.18 Å². The highest BCUT2D eigenvalue weighted by molar-refractivity contribution is 6.02. The average Bonchev–Trinajstić information content (AvgIpc) is 2.93. The molecule has 4 aromatic rings. The van der Waals surface area contributed by atoms with E-state index in [0.29, 0.717) is 22.7 Å². The Balaban J connectivity index is 1.47. The lowest BCUT2D eigenvalue weighted by atomic mass is 10.1. The van der Waals surface area contributed by atoms with Crippen LogP contribution in [0.4, 0.5) is 20.6 Å². The van der Waals surface area contributed by atoms with E-state index in [0.717, 1.165) is 12.0 Å². The van der Waals surface area contributed by atoms with Crippen LogP contribution < -0.4 is 20.3 Å². The number of hydrogen-bond donors (Lipinski definition) is 2. The molecule has 0 fully saturated rings. The Labute approximate surface area is 215 Å². The zero-order valence-electron chi connectivity index (χ0n) is 20.5. The van der Waals surface area contributed by atoms with Crippen molar-refractivity contribution in [3.8, 4) is 11.5 Å². The molecular formula is C30H28FN3O3. The van der Waals surface area contributed by atoms with E-state index in [-0.39, 0.29) is 24.7 Å². The summed E-state index contributed by atoms with van der Waals surface area (Å²) in [7, 11) is 0. The van der Waals surface area contributed by atoms with Gasteiger partial charge in [-0.15, -0.1) is 0 Å². The van der Waals surface area contributed by atoms with Gasteiger partial charge in [0.25, 0.3) is 5.91 Å². The van der Waals surface area contributed by atoms with E-state index >= 15 is 0 Å². The van der Waals surface area contributed by atoms with Gasteiger partial charge >= 0.3 is 6.03 Å². The van der Waals surface area contributed by atoms with Crippen LogP contribution in [0, 0.1) is 5.82 Å². The van der Waals surface area contributed by atoms with Gasteiger partial charge in [0.15, 0.2) is 0 Å². The fraction of sp³-hybridized carbons (Fsp3) is 0.133. The lowest BCUT2D eigenvalue weighted by molar-refractivity contribution is 0.0954. The molecule has 3 amide bonds. The van der Waals surface area contributed by atoms with Gasteiger partial charge in [0, 0.05) is 24.3 Å². The molecule has 6 nitrogen and oxygen atoms in total. The summed E-state index contributed by atoms with van der Waals surface area (Å²) in [5, 5.41) is 5.47. The number of rotatable bonds is 9. The Morgan fingerprint density at radius 3 is 2.14 bits per heavy atom. The maximum atomic E-state index is 14.2. The molecule has 0 aliphatic carbocycles. The first-order valence-electron chi connectivity index (χ1n) is 12.1. The van der Waals surface area contributed by atoms with Gasteiger partial charge in [-0.2, -0.15) is 0 Å². The second kappa shape index (κ2) is 12.4. The zero-order valence-corrected chi connectivity index (χ0v) is 20.5. The highest BCUT2D eigenvalue weighted by atomic mass is 19.1. The Morgan fingerprint density at radius 2 is 1.46 bits per heavy atom. The molecule has 0 atom stereocenters. The van der Waals surface area contributed by atoms with Crippen molar-refractivity contribution in [3.05, 3.63) is 120 Å². The first-order valence-corrected chi connectivity index (χ1v) is 12.1. The lowest BCUT2D eigenvalue weighted by Gasteiger charge is -2.24. The first-order chi connectivity index (χ1) is 18.0. The predicted octanol–water partition coefficient (Wildman–Crippen LogP) is 6.65. The number of para-hydroxylation sites is 2. The van der Waals surface area contributed by atoms with Crippen LogP contribution in [0.15, 0.2) is 103 Å². The molecule has 4 rings (SSSR count). The van der Waals surface area contributed by atoms with Crippen LogP contribution in [0.25, 0.3) is 0 Å². The number of anilines is 2. The Bertz CT molecular complexity index is 1330. The zero-order chi connectivity index (χ0) is 26.0. The quantitative estimate of drug-likeness (QED) is 0.272. The molecule has 4 aromatic carbocycles. The number of urea groups is 1. The number of amides is 3. The molecular weight excluding hydrogens is 469 g/mol. The van der Waals surface area contributed by atoms with E-state index in [4.69, 9.17) is 4.74 Å². The number of hydrogen-bond acceptors (Lipinski definition) is 3. The van der Waals surface area contributed by atoms with Crippen LogP contribution in [0.3, 0.4) is 0 Å². The Hall–Kier alpha value is -4.65. The van der Waals surface area contributed by atoms with Gasteiger partial charge in [0.05, 0.1) is 5.69 Å². The average molecular weight is 498 g/mol. The van der Waals surface area contributed by atoms with E-state index in [1.54, 1.807) is 48.5 Å². The molecule has 0 radical (unpaired) electrons. The molecule has 0 bridgehead atoms. The normalized spacial score (nSPS) is 10.4. The molecule has 0 heterocycles. The molecule has 0 aliphatic heterocycles. The number of benzene rings is 4. The maximum absolute atomic E-state index is 14.2. The van der Waals surface area contributed by atoms with Gasteiger partial charge in [-0.3, -0.25) is 9.69 Å². The number of nitrogens with one attached hydrogen (secondary N) is 2. The molecule has 0 aliphatic rings. The largest absolute Gasteiger partial charge is 0.457 e. The second-order valence-corrected chi connectivity index (χ2v) is 8.28. The van der Waals surface area contributed by atoms with E-state index in [2.05, 4.69) is 17.6 Å². The van der Waals surface area contributed by atoms with Crippen LogP contribution in [0.2, 0.25) is 0 Å². The number of ether oxygens (including phenoxy) is 1. The fourth-order valence-electron chi connectivity index (χ4n) is 3.69. The van der Waals surface area contributed by atoms with Crippen LogP contribution in [-0.2, 0) is 6.42 Å². The number of halogens is 1. The van der Waals surface area contributed by atoms with Gasteiger partial charge in [-0.05, 0) is 72.6 Å². The highest BCUT2D eigenvalue weighted by Crippen LogP contribution is 2.25. The fourth-order valence-corrected chi connectivity index (χ4v) is 3.69. The highest BCUT2D eigenvalue weighted by Gasteiger charge is 2.18. The van der Waals surface area contributed by atoms with Gasteiger partial charge in [0.2, 0.25) is 0 Å². The number of nitrogens with zero attached hydrogens (tertiary/aromatic N) is 1. The van der Waals surface area contributed by atoms with Crippen LogP contribution >= 0.6 is 0 Å². The molecule has 7 heteroatoms. The number of carbonyl (C=O) groups excluding carboxylic acids is 2. The maximum Gasteiger partial charge on any atom is 0.326 e. The van der Waals surface area contributed by atoms with Crippen molar-refractivity contribution < 1.29 is 18.7 Å². The minimum absolute atomic E-state index is 0.0709. The summed E-state index contributed by atoms with van der Waals surface area (Å²) >= 11 is 0. The molecule has 0 spiro atoms. The summed E-state index contributed by atoms with van der Waals surface area (Å²) in [4.78, 5) is 27.2. The summed E-state index contributed by atoms with van der Waals surface area (Å²) in [5.41, 5.74) is 2.33. The van der Waals surface area contributed by atoms with Gasteiger partial charge < -0.3 is 15.4 Å². The number of aryl methyl sites for hydroxylation is 1. The van der Waals surface area contributed by atoms with Crippen molar-refractivity contribution in [1.29, 1.82) is 0 Å².